The van der Waals surface area contributed by atoms with Gasteiger partial charge in [0.1, 0.15) is 11.5 Å². The van der Waals surface area contributed by atoms with E-state index in [0.717, 1.165) is 50.4 Å². The lowest BCUT2D eigenvalue weighted by Crippen LogP contribution is -2.22. The Hall–Kier alpha value is -3.21. The fourth-order valence-electron chi connectivity index (χ4n) is 3.04. The van der Waals surface area contributed by atoms with E-state index in [2.05, 4.69) is 16.9 Å². The van der Waals surface area contributed by atoms with Gasteiger partial charge in [0.25, 0.3) is 0 Å². The monoisotopic (exact) mass is 333 g/mol. The number of fused-ring (bicyclic) bond motifs is 1. The molecule has 0 atom stereocenters. The second kappa shape index (κ2) is 6.02. The highest BCUT2D eigenvalue weighted by Crippen LogP contribution is 2.29. The molecule has 4 rings (SSSR count). The summed E-state index contributed by atoms with van der Waals surface area (Å²) in [6, 6.07) is 11.9. The van der Waals surface area contributed by atoms with Crippen LogP contribution in [-0.4, -0.2) is 24.2 Å². The molecule has 2 aromatic heterocycles. The number of nitrogens with one attached hydrogen (secondary N) is 2. The zero-order chi connectivity index (χ0) is 17.4. The summed E-state index contributed by atoms with van der Waals surface area (Å²) >= 11 is 0. The molecule has 0 spiro atoms. The Kier molecular flexibility index (Phi) is 3.69. The molecule has 0 saturated carbocycles. The molecule has 0 amide bonds. The number of benzene rings is 1. The highest BCUT2D eigenvalue weighted by molar-refractivity contribution is 5.76. The highest BCUT2D eigenvalue weighted by atomic mass is 16.5. The van der Waals surface area contributed by atoms with Gasteiger partial charge in [0.05, 0.1) is 42.4 Å². The van der Waals surface area contributed by atoms with Gasteiger partial charge in [-0.15, -0.1) is 0 Å². The van der Waals surface area contributed by atoms with E-state index in [1.54, 1.807) is 14.2 Å². The van der Waals surface area contributed by atoms with E-state index in [9.17, 15) is 0 Å². The molecule has 5 nitrogen and oxygen atoms in total. The third kappa shape index (κ3) is 2.63. The standard InChI is InChI=1S/C20H19N3O2/c1-12-14-9-13(24-2)6-7-15(14)22-17(12)10-19-20(25-3)11-18(23-19)16-5-4-8-21-16/h4-11,21,23H,1-3H3. The Balaban J connectivity index is 1.80. The van der Waals surface area contributed by atoms with Gasteiger partial charge in [0, 0.05) is 17.5 Å². The van der Waals surface area contributed by atoms with Crippen molar-refractivity contribution < 1.29 is 9.47 Å². The molecule has 1 aliphatic heterocycles. The van der Waals surface area contributed by atoms with Crippen LogP contribution in [0.15, 0.2) is 53.3 Å². The van der Waals surface area contributed by atoms with Crippen LogP contribution in [0, 0.1) is 0 Å². The van der Waals surface area contributed by atoms with Crippen molar-refractivity contribution in [1.82, 2.24) is 9.97 Å². The Morgan fingerprint density at radius 1 is 1.04 bits per heavy atom. The van der Waals surface area contributed by atoms with Crippen LogP contribution in [0.5, 0.6) is 11.5 Å². The van der Waals surface area contributed by atoms with Crippen molar-refractivity contribution in [2.75, 3.05) is 14.2 Å². The molecule has 3 aromatic rings. The quantitative estimate of drug-likeness (QED) is 0.771. The lowest BCUT2D eigenvalue weighted by Gasteiger charge is -2.00. The van der Waals surface area contributed by atoms with Crippen molar-refractivity contribution >= 4 is 11.6 Å². The predicted octanol–water partition coefficient (Wildman–Crippen LogP) is 2.87. The minimum absolute atomic E-state index is 0.786. The first-order valence-electron chi connectivity index (χ1n) is 8.06. The summed E-state index contributed by atoms with van der Waals surface area (Å²) in [7, 11) is 3.34. The van der Waals surface area contributed by atoms with Gasteiger partial charge in [-0.1, -0.05) is 0 Å². The first-order chi connectivity index (χ1) is 12.2. The van der Waals surface area contributed by atoms with Gasteiger partial charge >= 0.3 is 0 Å². The predicted molar refractivity (Wildman–Crippen MR) is 98.0 cm³/mol. The van der Waals surface area contributed by atoms with Gasteiger partial charge in [-0.2, -0.15) is 0 Å². The van der Waals surface area contributed by atoms with Crippen LogP contribution >= 0.6 is 0 Å². The largest absolute Gasteiger partial charge is 0.497 e. The molecule has 3 heterocycles. The summed E-state index contributed by atoms with van der Waals surface area (Å²) in [5.74, 6) is 1.62. The fraction of sp³-hybridized carbons (Fsp3) is 0.150. The summed E-state index contributed by atoms with van der Waals surface area (Å²) in [6.45, 7) is 2.07. The topological polar surface area (TPSA) is 62.4 Å². The molecule has 0 unspecified atom stereocenters. The minimum Gasteiger partial charge on any atom is -0.497 e. The number of H-pyrrole nitrogens is 2. The molecule has 2 N–H and O–H groups in total. The molecule has 126 valence electrons. The first-order valence-corrected chi connectivity index (χ1v) is 8.06. The summed E-state index contributed by atoms with van der Waals surface area (Å²) in [4.78, 5) is 11.3. The molecule has 0 bridgehead atoms. The Morgan fingerprint density at radius 2 is 1.92 bits per heavy atom. The third-order valence-corrected chi connectivity index (χ3v) is 4.43. The summed E-state index contributed by atoms with van der Waals surface area (Å²) in [5.41, 5.74) is 4.92. The number of ether oxygens (including phenoxy) is 2. The van der Waals surface area contributed by atoms with Crippen LogP contribution in [0.1, 0.15) is 12.6 Å². The van der Waals surface area contributed by atoms with Gasteiger partial charge in [0.2, 0.25) is 0 Å². The third-order valence-electron chi connectivity index (χ3n) is 4.43. The van der Waals surface area contributed by atoms with Crippen LogP contribution in [0.3, 0.4) is 0 Å². The van der Waals surface area contributed by atoms with Gasteiger partial charge in [-0.3, -0.25) is 0 Å². The SMILES string of the molecule is COc1ccc2c(c1)=C(C)C(=Cc1[nH]c(-c3ccc[nH]3)cc1OC)N=2. The zero-order valence-electron chi connectivity index (χ0n) is 14.4. The van der Waals surface area contributed by atoms with Crippen LogP contribution in [0.4, 0.5) is 0 Å². The number of methoxy groups -OCH3 is 2. The smallest absolute Gasteiger partial charge is 0.144 e. The molecule has 1 aromatic carbocycles. The molecule has 25 heavy (non-hydrogen) atoms. The van der Waals surface area contributed by atoms with E-state index < -0.39 is 0 Å². The van der Waals surface area contributed by atoms with Crippen molar-refractivity contribution in [1.29, 1.82) is 0 Å². The fourth-order valence-corrected chi connectivity index (χ4v) is 3.04. The Bertz CT molecular complexity index is 1070. The highest BCUT2D eigenvalue weighted by Gasteiger charge is 2.13. The number of hydrogen-bond acceptors (Lipinski definition) is 3. The molecule has 0 saturated heterocycles. The van der Waals surface area contributed by atoms with E-state index >= 15 is 0 Å². The zero-order valence-corrected chi connectivity index (χ0v) is 14.4. The maximum Gasteiger partial charge on any atom is 0.144 e. The second-order valence-electron chi connectivity index (χ2n) is 5.90. The number of nitrogens with zero attached hydrogens (tertiary/aromatic N) is 1. The van der Waals surface area contributed by atoms with Crippen molar-refractivity contribution in [3.8, 4) is 22.9 Å². The van der Waals surface area contributed by atoms with E-state index in [0.29, 0.717) is 0 Å². The number of hydrogen-bond donors (Lipinski definition) is 2. The first kappa shape index (κ1) is 15.3. The lowest BCUT2D eigenvalue weighted by atomic mass is 10.1. The average molecular weight is 333 g/mol. The van der Waals surface area contributed by atoms with E-state index in [-0.39, 0.29) is 0 Å². The van der Waals surface area contributed by atoms with Crippen LogP contribution in [0.2, 0.25) is 0 Å². The molecule has 5 heteroatoms. The van der Waals surface area contributed by atoms with E-state index in [1.165, 1.54) is 0 Å². The van der Waals surface area contributed by atoms with Crippen molar-refractivity contribution in [2.24, 2.45) is 4.99 Å². The molecule has 0 fully saturated rings. The second-order valence-corrected chi connectivity index (χ2v) is 5.90. The van der Waals surface area contributed by atoms with E-state index in [4.69, 9.17) is 14.5 Å². The molecule has 1 aliphatic rings. The Morgan fingerprint density at radius 3 is 2.64 bits per heavy atom. The summed E-state index contributed by atoms with van der Waals surface area (Å²) in [5, 5.41) is 2.06. The van der Waals surface area contributed by atoms with Crippen molar-refractivity contribution in [2.45, 2.75) is 6.92 Å². The molecule has 0 radical (unpaired) electrons. The average Bonchev–Trinajstić information content (AvgIpc) is 3.35. The normalized spacial score (nSPS) is 14.5. The number of aromatic amines is 2. The molecule has 0 aliphatic carbocycles. The minimum atomic E-state index is 0.786. The number of aromatic nitrogens is 2. The van der Waals surface area contributed by atoms with Gasteiger partial charge in [-0.25, -0.2) is 4.99 Å². The van der Waals surface area contributed by atoms with Crippen LogP contribution in [0.25, 0.3) is 23.0 Å². The van der Waals surface area contributed by atoms with Gasteiger partial charge < -0.3 is 19.4 Å². The summed E-state index contributed by atoms with van der Waals surface area (Å²) in [6.07, 6.45) is 3.92. The Labute approximate surface area is 145 Å². The number of allylic oxidation sites excluding steroid dienone is 1. The lowest BCUT2D eigenvalue weighted by molar-refractivity contribution is 0.414. The number of rotatable bonds is 4. The van der Waals surface area contributed by atoms with Crippen molar-refractivity contribution in [3.63, 3.8) is 0 Å². The molecular formula is C20H19N3O2. The summed E-state index contributed by atoms with van der Waals surface area (Å²) < 4.78 is 10.8. The van der Waals surface area contributed by atoms with Crippen molar-refractivity contribution in [3.05, 3.63) is 64.6 Å². The van der Waals surface area contributed by atoms with Gasteiger partial charge in [0.15, 0.2) is 0 Å². The molecular weight excluding hydrogens is 314 g/mol. The van der Waals surface area contributed by atoms with E-state index in [1.807, 2.05) is 48.7 Å². The van der Waals surface area contributed by atoms with Crippen LogP contribution < -0.4 is 20.0 Å². The van der Waals surface area contributed by atoms with Crippen LogP contribution in [-0.2, 0) is 0 Å². The maximum atomic E-state index is 5.52. The maximum absolute atomic E-state index is 5.52. The van der Waals surface area contributed by atoms with Gasteiger partial charge in [-0.05, 0) is 48.9 Å².